The van der Waals surface area contributed by atoms with Crippen LogP contribution in [0.5, 0.6) is 0 Å². The van der Waals surface area contributed by atoms with Crippen molar-refractivity contribution in [2.45, 2.75) is 284 Å². The molecule has 0 aromatic carbocycles. The quantitative estimate of drug-likeness (QED) is 0.0261. The predicted molar refractivity (Wildman–Crippen MR) is 352 cm³/mol. The summed E-state index contributed by atoms with van der Waals surface area (Å²) < 4.78 is 16.8. The molecule has 1 atom stereocenters. The van der Waals surface area contributed by atoms with Crippen molar-refractivity contribution in [2.24, 2.45) is 0 Å². The summed E-state index contributed by atoms with van der Waals surface area (Å²) in [5.74, 6) is -1.02. The second kappa shape index (κ2) is 67.5. The van der Waals surface area contributed by atoms with E-state index in [-0.39, 0.29) is 31.6 Å². The Hall–Kier alpha value is -4.97. The topological polar surface area (TPSA) is 78.9 Å². The highest BCUT2D eigenvalue weighted by atomic mass is 16.6. The zero-order valence-corrected chi connectivity index (χ0v) is 52.2. The van der Waals surface area contributed by atoms with E-state index in [4.69, 9.17) is 14.2 Å². The van der Waals surface area contributed by atoms with E-state index in [1.165, 1.54) is 89.9 Å². The highest BCUT2D eigenvalue weighted by Crippen LogP contribution is 2.16. The minimum atomic E-state index is -0.831. The van der Waals surface area contributed by atoms with Crippen LogP contribution in [0.1, 0.15) is 278 Å². The van der Waals surface area contributed by atoms with Crippen LogP contribution >= 0.6 is 0 Å². The Balaban J connectivity index is 4.34. The normalized spacial score (nSPS) is 13.2. The molecule has 0 fully saturated rings. The first-order valence-electron chi connectivity index (χ1n) is 33.0. The van der Waals surface area contributed by atoms with Crippen LogP contribution in [0.15, 0.2) is 158 Å². The van der Waals surface area contributed by atoms with Crippen molar-refractivity contribution in [1.29, 1.82) is 0 Å². The fourth-order valence-electron chi connectivity index (χ4n) is 8.65. The number of esters is 3. The first-order valence-corrected chi connectivity index (χ1v) is 33.0. The molecule has 0 spiro atoms. The second-order valence-corrected chi connectivity index (χ2v) is 21.3. The molecule has 0 rings (SSSR count). The third-order valence-electron chi connectivity index (χ3n) is 13.5. The largest absolute Gasteiger partial charge is 0.462 e. The number of carbonyl (C=O) groups excluding carboxylic acids is 3. The molecule has 0 amide bonds. The van der Waals surface area contributed by atoms with Gasteiger partial charge >= 0.3 is 17.9 Å². The van der Waals surface area contributed by atoms with Crippen LogP contribution in [0.3, 0.4) is 0 Å². The number of hydrogen-bond donors (Lipinski definition) is 0. The van der Waals surface area contributed by atoms with Crippen LogP contribution in [-0.4, -0.2) is 37.2 Å². The fourth-order valence-corrected chi connectivity index (χ4v) is 8.65. The monoisotopic (exact) mass is 1120 g/mol. The third-order valence-corrected chi connectivity index (χ3v) is 13.5. The van der Waals surface area contributed by atoms with Gasteiger partial charge in [-0.15, -0.1) is 0 Å². The maximum Gasteiger partial charge on any atom is 0.306 e. The molecule has 6 heteroatoms. The Bertz CT molecular complexity index is 1810. The molecule has 0 bridgehead atoms. The molecule has 0 radical (unpaired) electrons. The van der Waals surface area contributed by atoms with Crippen LogP contribution < -0.4 is 0 Å². The average Bonchev–Trinajstić information content (AvgIpc) is 3.46. The summed E-state index contributed by atoms with van der Waals surface area (Å²) in [6.45, 7) is 6.28. The fraction of sp³-hybridized carbons (Fsp3) is 0.613. The summed E-state index contributed by atoms with van der Waals surface area (Å²) in [5.41, 5.74) is 0. The maximum absolute atomic E-state index is 12.9. The van der Waals surface area contributed by atoms with Gasteiger partial charge in [-0.1, -0.05) is 288 Å². The van der Waals surface area contributed by atoms with Gasteiger partial charge in [0.25, 0.3) is 0 Å². The molecule has 81 heavy (non-hydrogen) atoms. The zero-order chi connectivity index (χ0) is 58.5. The Labute approximate surface area is 499 Å². The number of hydrogen-bond acceptors (Lipinski definition) is 6. The number of unbranched alkanes of at least 4 members (excludes halogenated alkanes) is 21. The summed E-state index contributed by atoms with van der Waals surface area (Å²) in [4.78, 5) is 38.3. The van der Waals surface area contributed by atoms with E-state index in [1.807, 2.05) is 6.08 Å². The molecular weight excluding hydrogens is 997 g/mol. The molecule has 0 heterocycles. The van der Waals surface area contributed by atoms with Crippen LogP contribution in [-0.2, 0) is 28.6 Å². The van der Waals surface area contributed by atoms with E-state index in [2.05, 4.69) is 173 Å². The van der Waals surface area contributed by atoms with Crippen molar-refractivity contribution in [2.75, 3.05) is 13.2 Å². The molecule has 0 aliphatic heterocycles. The molecule has 0 aromatic heterocycles. The number of ether oxygens (including phenoxy) is 3. The van der Waals surface area contributed by atoms with Crippen molar-refractivity contribution >= 4 is 17.9 Å². The standard InChI is InChI=1S/C75H120O6/c1-4-7-10-13-16-19-22-25-27-29-31-32-33-34-35-36-37-38-39-40-41-42-44-45-47-50-53-56-59-62-65-68-74(77)80-71-72(70-79-73(76)67-64-61-58-55-52-49-24-21-18-15-12-9-6-3)81-75(78)69-66-63-60-57-54-51-48-46-43-30-28-26-23-20-17-14-11-8-5-2/h7-8,10-12,15-17,19-21,24-28,31-32,34-35,43,46,51,54,60,63,72H,4-6,9,13-14,18,22-23,29-30,33,36-42,44-45,47-50,52-53,55-59,61-62,64-71H2,1-3H3/b10-7-,11-8-,15-12-,19-16-,20-17-,24-21-,27-25-,28-26-,32-31-,35-34-,46-43-,54-51-,63-60-. The first kappa shape index (κ1) is 76.0. The predicted octanol–water partition coefficient (Wildman–Crippen LogP) is 22.9. The second-order valence-electron chi connectivity index (χ2n) is 21.3. The van der Waals surface area contributed by atoms with E-state index >= 15 is 0 Å². The van der Waals surface area contributed by atoms with Crippen molar-refractivity contribution in [3.05, 3.63) is 158 Å². The van der Waals surface area contributed by atoms with Gasteiger partial charge in [0.05, 0.1) is 0 Å². The number of allylic oxidation sites excluding steroid dienone is 26. The Kier molecular flexibility index (Phi) is 63.4. The van der Waals surface area contributed by atoms with Crippen LogP contribution in [0, 0.1) is 0 Å². The highest BCUT2D eigenvalue weighted by Gasteiger charge is 2.19. The van der Waals surface area contributed by atoms with E-state index in [9.17, 15) is 14.4 Å². The molecule has 456 valence electrons. The molecule has 6 nitrogen and oxygen atoms in total. The lowest BCUT2D eigenvalue weighted by Crippen LogP contribution is -2.30. The molecule has 0 N–H and O–H groups in total. The minimum absolute atomic E-state index is 0.117. The zero-order valence-electron chi connectivity index (χ0n) is 52.2. The van der Waals surface area contributed by atoms with Crippen LogP contribution in [0.25, 0.3) is 0 Å². The van der Waals surface area contributed by atoms with Crippen LogP contribution in [0.2, 0.25) is 0 Å². The van der Waals surface area contributed by atoms with Gasteiger partial charge in [-0.2, -0.15) is 0 Å². The van der Waals surface area contributed by atoms with E-state index in [1.54, 1.807) is 0 Å². The van der Waals surface area contributed by atoms with Crippen molar-refractivity contribution < 1.29 is 28.6 Å². The lowest BCUT2D eigenvalue weighted by atomic mass is 10.0. The summed E-state index contributed by atoms with van der Waals surface area (Å²) in [6, 6.07) is 0. The van der Waals surface area contributed by atoms with Gasteiger partial charge in [0, 0.05) is 19.3 Å². The van der Waals surface area contributed by atoms with E-state index < -0.39 is 12.1 Å². The summed E-state index contributed by atoms with van der Waals surface area (Å²) in [5, 5.41) is 0. The summed E-state index contributed by atoms with van der Waals surface area (Å²) in [6.07, 6.45) is 98.5. The Morgan fingerprint density at radius 3 is 0.802 bits per heavy atom. The molecule has 0 aliphatic carbocycles. The van der Waals surface area contributed by atoms with Gasteiger partial charge in [0.15, 0.2) is 6.10 Å². The Morgan fingerprint density at radius 2 is 0.506 bits per heavy atom. The minimum Gasteiger partial charge on any atom is -0.462 e. The van der Waals surface area contributed by atoms with Crippen molar-refractivity contribution in [1.82, 2.24) is 0 Å². The van der Waals surface area contributed by atoms with Gasteiger partial charge in [-0.3, -0.25) is 14.4 Å². The van der Waals surface area contributed by atoms with E-state index in [0.29, 0.717) is 19.3 Å². The lowest BCUT2D eigenvalue weighted by molar-refractivity contribution is -0.166. The molecule has 0 saturated heterocycles. The molecule has 0 saturated carbocycles. The SMILES string of the molecule is CC/C=C\C/C=C\C/C=C\C/C=C\C/C=C\C/C=C\CCC(=O)OC(COC(=O)CCCCCCC/C=C\C/C=C\CCC)COC(=O)CCCCCCCCCCCCCCCCC/C=C\C/C=C\C/C=C\C/C=C\C/C=C\CC. The van der Waals surface area contributed by atoms with Gasteiger partial charge in [0.1, 0.15) is 13.2 Å². The van der Waals surface area contributed by atoms with Crippen LogP contribution in [0.4, 0.5) is 0 Å². The van der Waals surface area contributed by atoms with Gasteiger partial charge in [-0.25, -0.2) is 0 Å². The van der Waals surface area contributed by atoms with Gasteiger partial charge < -0.3 is 14.2 Å². The Morgan fingerprint density at radius 1 is 0.259 bits per heavy atom. The number of carbonyl (C=O) groups is 3. The average molecular weight is 1120 g/mol. The molecule has 0 aliphatic rings. The van der Waals surface area contributed by atoms with Gasteiger partial charge in [0.2, 0.25) is 0 Å². The molecule has 1 unspecified atom stereocenters. The first-order chi connectivity index (χ1) is 40.0. The highest BCUT2D eigenvalue weighted by molar-refractivity contribution is 5.71. The van der Waals surface area contributed by atoms with E-state index in [0.717, 1.165) is 141 Å². The lowest BCUT2D eigenvalue weighted by Gasteiger charge is -2.18. The molecular formula is C75H120O6. The third kappa shape index (κ3) is 65.7. The summed E-state index contributed by atoms with van der Waals surface area (Å²) >= 11 is 0. The van der Waals surface area contributed by atoms with Gasteiger partial charge in [-0.05, 0) is 128 Å². The van der Waals surface area contributed by atoms with Crippen molar-refractivity contribution in [3.63, 3.8) is 0 Å². The smallest absolute Gasteiger partial charge is 0.306 e. The maximum atomic E-state index is 12.9. The van der Waals surface area contributed by atoms with Crippen molar-refractivity contribution in [3.8, 4) is 0 Å². The summed E-state index contributed by atoms with van der Waals surface area (Å²) in [7, 11) is 0. The number of rotatable bonds is 58. The molecule has 0 aromatic rings.